The normalized spacial score (nSPS) is 12.1. The van der Waals surface area contributed by atoms with Crippen molar-refractivity contribution in [1.82, 2.24) is 0 Å². The van der Waals surface area contributed by atoms with Gasteiger partial charge in [0.2, 0.25) is 0 Å². The molecule has 0 bridgehead atoms. The molecule has 0 aliphatic carbocycles. The summed E-state index contributed by atoms with van der Waals surface area (Å²) in [4.78, 5) is 0. The fourth-order valence-electron chi connectivity index (χ4n) is 11.3. The van der Waals surface area contributed by atoms with Crippen LogP contribution in [0.3, 0.4) is 0 Å². The highest BCUT2D eigenvalue weighted by Gasteiger charge is 2.21. The molecule has 0 spiro atoms. The third-order valence-corrected chi connectivity index (χ3v) is 14.1. The van der Waals surface area contributed by atoms with Gasteiger partial charge in [0.05, 0.1) is 0 Å². The number of hydrogen-bond acceptors (Lipinski definition) is 2. The van der Waals surface area contributed by atoms with Crippen LogP contribution in [-0.2, 0) is 0 Å². The van der Waals surface area contributed by atoms with Crippen molar-refractivity contribution in [3.63, 3.8) is 0 Å². The van der Waals surface area contributed by atoms with Crippen LogP contribution < -0.4 is 0 Å². The van der Waals surface area contributed by atoms with E-state index in [0.717, 1.165) is 55.0 Å². The van der Waals surface area contributed by atoms with Gasteiger partial charge in [0.25, 0.3) is 0 Å². The second kappa shape index (κ2) is 14.0. The van der Waals surface area contributed by atoms with E-state index in [1.807, 2.05) is 0 Å². The number of rotatable bonds is 4. The van der Waals surface area contributed by atoms with Gasteiger partial charge in [0.1, 0.15) is 22.3 Å². The van der Waals surface area contributed by atoms with E-state index < -0.39 is 0 Å². The molecule has 0 saturated carbocycles. The summed E-state index contributed by atoms with van der Waals surface area (Å²) in [5.41, 5.74) is 15.6. The van der Waals surface area contributed by atoms with Gasteiger partial charge in [-0.25, -0.2) is 0 Å². The molecule has 2 aromatic heterocycles. The Morgan fingerprint density at radius 3 is 1.02 bits per heavy atom. The first-order valence-corrected chi connectivity index (χ1v) is 22.8. The van der Waals surface area contributed by atoms with Crippen molar-refractivity contribution in [2.45, 2.75) is 13.8 Å². The van der Waals surface area contributed by atoms with Gasteiger partial charge in [-0.05, 0) is 149 Å². The third kappa shape index (κ3) is 5.49. The molecule has 0 saturated heterocycles. The summed E-state index contributed by atoms with van der Waals surface area (Å²) >= 11 is 0. The highest BCUT2D eigenvalue weighted by Crippen LogP contribution is 2.48. The van der Waals surface area contributed by atoms with Crippen molar-refractivity contribution < 1.29 is 8.83 Å². The molecule has 0 unspecified atom stereocenters. The second-order valence-electron chi connectivity index (χ2n) is 18.1. The molecule has 66 heavy (non-hydrogen) atoms. The Balaban J connectivity index is 0.909. The van der Waals surface area contributed by atoms with Gasteiger partial charge < -0.3 is 8.83 Å². The van der Waals surface area contributed by atoms with Crippen LogP contribution in [0.5, 0.6) is 0 Å². The topological polar surface area (TPSA) is 26.3 Å². The van der Waals surface area contributed by atoms with E-state index in [4.69, 9.17) is 8.83 Å². The molecule has 0 radical (unpaired) electrons. The van der Waals surface area contributed by atoms with Crippen LogP contribution in [0.25, 0.3) is 142 Å². The average Bonchev–Trinajstić information content (AvgIpc) is 3.89. The summed E-state index contributed by atoms with van der Waals surface area (Å²) in [6, 6.07) is 75.5. The van der Waals surface area contributed by atoms with Crippen LogP contribution in [0, 0.1) is 13.8 Å². The molecule has 14 rings (SSSR count). The SMILES string of the molecule is Cc1cc(C)cc(-c2c3ccccc3c(-c3ccc4c(c3)oc3cc5oc6cc(-c7c8ccccc8c(-c8ccc9ccccc9c8)c8ccccc78)ccc6c5cc34)c3ccccc23)c1. The lowest BCUT2D eigenvalue weighted by molar-refractivity contribution is 0.656. The standard InChI is InChI=1S/C64H40O2/c1-37-29-38(2)31-44(30-37)64-53-21-11-9-19-51(53)63(52-20-10-12-22-54(52)64)43-26-28-46-56-35-55-45-27-25-42(33-57(45)65-59(55)36-60(56)66-58(46)34-43)62-49-17-7-5-15-47(49)61(48-16-6-8-18-50(48)62)41-24-23-39-13-3-4-14-40(39)32-41/h3-36H,1-2H3. The maximum absolute atomic E-state index is 6.77. The van der Waals surface area contributed by atoms with Gasteiger partial charge in [0.15, 0.2) is 0 Å². The Morgan fingerprint density at radius 1 is 0.227 bits per heavy atom. The molecule has 0 aliphatic rings. The van der Waals surface area contributed by atoms with Crippen LogP contribution in [-0.4, -0.2) is 0 Å². The number of fused-ring (bicyclic) bond motifs is 11. The summed E-state index contributed by atoms with van der Waals surface area (Å²) in [7, 11) is 0. The molecule has 0 atom stereocenters. The minimum absolute atomic E-state index is 0.814. The van der Waals surface area contributed by atoms with Crippen LogP contribution in [0.2, 0.25) is 0 Å². The van der Waals surface area contributed by atoms with Crippen LogP contribution in [0.15, 0.2) is 215 Å². The third-order valence-electron chi connectivity index (χ3n) is 14.1. The van der Waals surface area contributed by atoms with Crippen LogP contribution in [0.4, 0.5) is 0 Å². The van der Waals surface area contributed by atoms with Gasteiger partial charge >= 0.3 is 0 Å². The van der Waals surface area contributed by atoms with Crippen LogP contribution >= 0.6 is 0 Å². The Kier molecular flexibility index (Phi) is 7.85. The molecular weight excluding hydrogens is 801 g/mol. The van der Waals surface area contributed by atoms with E-state index in [0.29, 0.717) is 0 Å². The molecule has 308 valence electrons. The minimum Gasteiger partial charge on any atom is -0.456 e. The molecule has 0 fully saturated rings. The van der Waals surface area contributed by atoms with E-state index in [2.05, 4.69) is 220 Å². The summed E-state index contributed by atoms with van der Waals surface area (Å²) in [6.07, 6.45) is 0. The van der Waals surface area contributed by atoms with Crippen molar-refractivity contribution in [2.24, 2.45) is 0 Å². The minimum atomic E-state index is 0.814. The smallest absolute Gasteiger partial charge is 0.139 e. The fraction of sp³-hybridized carbons (Fsp3) is 0.0312. The number of benzene rings is 12. The van der Waals surface area contributed by atoms with E-state index >= 15 is 0 Å². The van der Waals surface area contributed by atoms with Gasteiger partial charge in [0, 0.05) is 27.6 Å². The maximum Gasteiger partial charge on any atom is 0.139 e. The second-order valence-corrected chi connectivity index (χ2v) is 18.1. The molecule has 2 heterocycles. The predicted octanol–water partition coefficient (Wildman–Crippen LogP) is 18.5. The molecule has 14 aromatic rings. The van der Waals surface area contributed by atoms with E-state index in [1.54, 1.807) is 0 Å². The monoisotopic (exact) mass is 840 g/mol. The Hall–Kier alpha value is -8.46. The van der Waals surface area contributed by atoms with Crippen LogP contribution in [0.1, 0.15) is 11.1 Å². The predicted molar refractivity (Wildman–Crippen MR) is 280 cm³/mol. The van der Waals surface area contributed by atoms with Crippen molar-refractivity contribution >= 4 is 97.7 Å². The molecule has 12 aromatic carbocycles. The zero-order valence-electron chi connectivity index (χ0n) is 36.4. The summed E-state index contributed by atoms with van der Waals surface area (Å²) in [6.45, 7) is 4.37. The molecule has 0 aliphatic heterocycles. The molecule has 2 nitrogen and oxygen atoms in total. The average molecular weight is 841 g/mol. The quantitative estimate of drug-likeness (QED) is 0.165. The molecule has 2 heteroatoms. The lowest BCUT2D eigenvalue weighted by atomic mass is 9.85. The van der Waals surface area contributed by atoms with Crippen molar-refractivity contribution in [1.29, 1.82) is 0 Å². The van der Waals surface area contributed by atoms with E-state index in [9.17, 15) is 0 Å². The van der Waals surface area contributed by atoms with Gasteiger partial charge in [-0.1, -0.05) is 175 Å². The number of furan rings is 2. The summed E-state index contributed by atoms with van der Waals surface area (Å²) in [5.74, 6) is 0. The number of hydrogen-bond donors (Lipinski definition) is 0. The Morgan fingerprint density at radius 2 is 0.576 bits per heavy atom. The van der Waals surface area contributed by atoms with Gasteiger partial charge in [-0.2, -0.15) is 0 Å². The summed E-state index contributed by atoms with van der Waals surface area (Å²) < 4.78 is 13.5. The summed E-state index contributed by atoms with van der Waals surface area (Å²) in [5, 5.41) is 16.7. The van der Waals surface area contributed by atoms with Gasteiger partial charge in [-0.15, -0.1) is 0 Å². The molecule has 0 N–H and O–H groups in total. The Bertz CT molecular complexity index is 4230. The highest BCUT2D eigenvalue weighted by atomic mass is 16.3. The van der Waals surface area contributed by atoms with E-state index in [-0.39, 0.29) is 0 Å². The first-order valence-electron chi connectivity index (χ1n) is 22.8. The fourth-order valence-corrected chi connectivity index (χ4v) is 11.3. The largest absolute Gasteiger partial charge is 0.456 e. The maximum atomic E-state index is 6.77. The zero-order valence-corrected chi connectivity index (χ0v) is 36.4. The molecular formula is C64H40O2. The first-order chi connectivity index (χ1) is 32.5. The lowest BCUT2D eigenvalue weighted by Gasteiger charge is -2.18. The van der Waals surface area contributed by atoms with Crippen molar-refractivity contribution in [3.8, 4) is 44.5 Å². The van der Waals surface area contributed by atoms with Crippen molar-refractivity contribution in [3.05, 3.63) is 217 Å². The Labute approximate surface area is 380 Å². The highest BCUT2D eigenvalue weighted by molar-refractivity contribution is 6.24. The van der Waals surface area contributed by atoms with E-state index in [1.165, 1.54) is 98.4 Å². The first kappa shape index (κ1) is 37.0. The lowest BCUT2D eigenvalue weighted by Crippen LogP contribution is -1.91. The van der Waals surface area contributed by atoms with Crippen molar-refractivity contribution in [2.75, 3.05) is 0 Å². The molecule has 0 amide bonds. The number of aryl methyl sites for hydroxylation is 2. The zero-order chi connectivity index (χ0) is 43.6. The van der Waals surface area contributed by atoms with Gasteiger partial charge in [-0.3, -0.25) is 0 Å².